The number of benzene rings is 1. The van der Waals surface area contributed by atoms with Gasteiger partial charge in [0.2, 0.25) is 0 Å². The fourth-order valence-electron chi connectivity index (χ4n) is 2.63. The van der Waals surface area contributed by atoms with E-state index in [4.69, 9.17) is 0 Å². The summed E-state index contributed by atoms with van der Waals surface area (Å²) in [5.74, 6) is 0.134. The van der Waals surface area contributed by atoms with Gasteiger partial charge < -0.3 is 4.98 Å². The van der Waals surface area contributed by atoms with Gasteiger partial charge in [0.25, 0.3) is 0 Å². The van der Waals surface area contributed by atoms with Crippen molar-refractivity contribution in [2.45, 2.75) is 32.6 Å². The van der Waals surface area contributed by atoms with E-state index in [1.807, 2.05) is 12.1 Å². The van der Waals surface area contributed by atoms with Gasteiger partial charge in [0.1, 0.15) is 0 Å². The minimum Gasteiger partial charge on any atom is -0.358 e. The zero-order valence-corrected chi connectivity index (χ0v) is 9.47. The fourth-order valence-corrected chi connectivity index (χ4v) is 2.63. The van der Waals surface area contributed by atoms with Crippen molar-refractivity contribution in [3.8, 4) is 0 Å². The third kappa shape index (κ3) is 1.37. The maximum Gasteiger partial charge on any atom is 0.159 e. The van der Waals surface area contributed by atoms with Crippen LogP contribution in [0, 0.1) is 0 Å². The van der Waals surface area contributed by atoms with E-state index in [1.165, 1.54) is 35.9 Å². The van der Waals surface area contributed by atoms with Crippen molar-refractivity contribution in [1.82, 2.24) is 4.98 Å². The van der Waals surface area contributed by atoms with Crippen molar-refractivity contribution in [3.63, 3.8) is 0 Å². The molecule has 0 spiro atoms. The normalized spacial score (nSPS) is 15.1. The van der Waals surface area contributed by atoms with Crippen LogP contribution in [0.2, 0.25) is 0 Å². The zero-order chi connectivity index (χ0) is 11.1. The number of aryl methyl sites for hydroxylation is 2. The van der Waals surface area contributed by atoms with Crippen LogP contribution in [-0.2, 0) is 12.8 Å². The lowest BCUT2D eigenvalue weighted by atomic mass is 9.95. The molecule has 0 radical (unpaired) electrons. The predicted molar refractivity (Wildman–Crippen MR) is 64.9 cm³/mol. The number of hydrogen-bond donors (Lipinski definition) is 1. The van der Waals surface area contributed by atoms with Crippen molar-refractivity contribution < 1.29 is 4.79 Å². The summed E-state index contributed by atoms with van der Waals surface area (Å²) in [4.78, 5) is 14.8. The second kappa shape index (κ2) is 3.48. The lowest BCUT2D eigenvalue weighted by molar-refractivity contribution is 0.101. The predicted octanol–water partition coefficient (Wildman–Crippen LogP) is 3.25. The van der Waals surface area contributed by atoms with Crippen molar-refractivity contribution >= 4 is 16.7 Å². The number of H-pyrrole nitrogens is 1. The number of aromatic amines is 1. The molecule has 0 aliphatic heterocycles. The zero-order valence-electron chi connectivity index (χ0n) is 9.47. The molecule has 2 aromatic rings. The van der Waals surface area contributed by atoms with E-state index in [9.17, 15) is 4.79 Å². The number of aromatic nitrogens is 1. The van der Waals surface area contributed by atoms with E-state index < -0.39 is 0 Å². The summed E-state index contributed by atoms with van der Waals surface area (Å²) >= 11 is 0. The second-order valence-electron chi connectivity index (χ2n) is 4.61. The molecular weight excluding hydrogens is 198 g/mol. The van der Waals surface area contributed by atoms with Gasteiger partial charge in [0.05, 0.1) is 0 Å². The molecule has 0 atom stereocenters. The molecule has 0 saturated heterocycles. The lowest BCUT2D eigenvalue weighted by Crippen LogP contribution is -1.99. The minimum absolute atomic E-state index is 0.134. The third-order valence-electron chi connectivity index (χ3n) is 3.50. The largest absolute Gasteiger partial charge is 0.358 e. The van der Waals surface area contributed by atoms with Crippen molar-refractivity contribution in [2.75, 3.05) is 0 Å². The molecule has 1 N–H and O–H groups in total. The maximum atomic E-state index is 11.3. The molecule has 82 valence electrons. The average molecular weight is 213 g/mol. The summed E-state index contributed by atoms with van der Waals surface area (Å²) in [7, 11) is 0. The van der Waals surface area contributed by atoms with Crippen LogP contribution in [0.15, 0.2) is 18.2 Å². The Hall–Kier alpha value is -1.57. The first-order valence-corrected chi connectivity index (χ1v) is 5.90. The molecule has 16 heavy (non-hydrogen) atoms. The molecule has 0 fully saturated rings. The SMILES string of the molecule is CC(=O)c1ccc2c3c([nH]c2c1)CCCC3. The van der Waals surface area contributed by atoms with E-state index in [-0.39, 0.29) is 5.78 Å². The van der Waals surface area contributed by atoms with Gasteiger partial charge in [-0.25, -0.2) is 0 Å². The Kier molecular flexibility index (Phi) is 2.10. The van der Waals surface area contributed by atoms with Crippen LogP contribution >= 0.6 is 0 Å². The molecule has 1 heterocycles. The summed E-state index contributed by atoms with van der Waals surface area (Å²) < 4.78 is 0. The molecule has 0 unspecified atom stereocenters. The van der Waals surface area contributed by atoms with Gasteiger partial charge in [-0.1, -0.05) is 12.1 Å². The molecule has 1 aliphatic rings. The van der Waals surface area contributed by atoms with E-state index >= 15 is 0 Å². The highest BCUT2D eigenvalue weighted by atomic mass is 16.1. The number of nitrogens with one attached hydrogen (secondary N) is 1. The lowest BCUT2D eigenvalue weighted by Gasteiger charge is -2.10. The number of rotatable bonds is 1. The number of ketones is 1. The van der Waals surface area contributed by atoms with Gasteiger partial charge in [0, 0.05) is 22.2 Å². The van der Waals surface area contributed by atoms with E-state index in [1.54, 1.807) is 6.92 Å². The summed E-state index contributed by atoms with van der Waals surface area (Å²) in [6.45, 7) is 1.62. The van der Waals surface area contributed by atoms with E-state index in [0.717, 1.165) is 17.5 Å². The molecular formula is C14H15NO. The Bertz CT molecular complexity index is 565. The molecule has 0 saturated carbocycles. The molecule has 2 nitrogen and oxygen atoms in total. The monoisotopic (exact) mass is 213 g/mol. The first-order chi connectivity index (χ1) is 7.75. The van der Waals surface area contributed by atoms with Crippen LogP contribution < -0.4 is 0 Å². The number of carbonyl (C=O) groups excluding carboxylic acids is 1. The summed E-state index contributed by atoms with van der Waals surface area (Å²) in [5, 5.41) is 1.31. The van der Waals surface area contributed by atoms with Gasteiger partial charge in [-0.15, -0.1) is 0 Å². The molecule has 1 aromatic heterocycles. The Morgan fingerprint density at radius 3 is 2.88 bits per heavy atom. The Labute approximate surface area is 94.7 Å². The maximum absolute atomic E-state index is 11.3. The first-order valence-electron chi connectivity index (χ1n) is 5.90. The minimum atomic E-state index is 0.134. The quantitative estimate of drug-likeness (QED) is 0.725. The van der Waals surface area contributed by atoms with Gasteiger partial charge in [0.15, 0.2) is 5.78 Å². The van der Waals surface area contributed by atoms with Crippen LogP contribution in [0.25, 0.3) is 10.9 Å². The van der Waals surface area contributed by atoms with Crippen molar-refractivity contribution in [3.05, 3.63) is 35.0 Å². The highest BCUT2D eigenvalue weighted by Gasteiger charge is 2.15. The van der Waals surface area contributed by atoms with Crippen molar-refractivity contribution in [1.29, 1.82) is 0 Å². The summed E-state index contributed by atoms with van der Waals surface area (Å²) in [6, 6.07) is 6.01. The molecule has 2 heteroatoms. The number of fused-ring (bicyclic) bond motifs is 3. The van der Waals surface area contributed by atoms with Gasteiger partial charge in [-0.05, 0) is 44.2 Å². The Morgan fingerprint density at radius 1 is 1.25 bits per heavy atom. The third-order valence-corrected chi connectivity index (χ3v) is 3.50. The van der Waals surface area contributed by atoms with Crippen LogP contribution in [-0.4, -0.2) is 10.8 Å². The van der Waals surface area contributed by atoms with E-state index in [0.29, 0.717) is 0 Å². The highest BCUT2D eigenvalue weighted by Crippen LogP contribution is 2.29. The van der Waals surface area contributed by atoms with Crippen LogP contribution in [0.5, 0.6) is 0 Å². The standard InChI is InChI=1S/C14H15NO/c1-9(16)10-6-7-12-11-4-2-3-5-13(11)15-14(12)8-10/h6-8,15H,2-5H2,1H3. The average Bonchev–Trinajstić information content (AvgIpc) is 2.66. The first kappa shape index (κ1) is 9.64. The molecule has 1 aromatic carbocycles. The van der Waals surface area contributed by atoms with E-state index in [2.05, 4.69) is 11.1 Å². The summed E-state index contributed by atoms with van der Waals surface area (Å²) in [5.41, 5.74) is 4.77. The van der Waals surface area contributed by atoms with Crippen LogP contribution in [0.1, 0.15) is 41.4 Å². The van der Waals surface area contributed by atoms with Crippen molar-refractivity contribution in [2.24, 2.45) is 0 Å². The second-order valence-corrected chi connectivity index (χ2v) is 4.61. The molecule has 0 bridgehead atoms. The number of carbonyl (C=O) groups is 1. The number of Topliss-reactive ketones (excluding diaryl/α,β-unsaturated/α-hetero) is 1. The number of hydrogen-bond acceptors (Lipinski definition) is 1. The summed E-state index contributed by atoms with van der Waals surface area (Å²) in [6.07, 6.45) is 4.89. The van der Waals surface area contributed by atoms with Gasteiger partial charge in [-0.2, -0.15) is 0 Å². The van der Waals surface area contributed by atoms with Crippen LogP contribution in [0.3, 0.4) is 0 Å². The highest BCUT2D eigenvalue weighted by molar-refractivity contribution is 5.98. The van der Waals surface area contributed by atoms with Crippen LogP contribution in [0.4, 0.5) is 0 Å². The molecule has 0 amide bonds. The molecule has 3 rings (SSSR count). The fraction of sp³-hybridized carbons (Fsp3) is 0.357. The Morgan fingerprint density at radius 2 is 2.06 bits per heavy atom. The Balaban J connectivity index is 2.22. The smallest absolute Gasteiger partial charge is 0.159 e. The van der Waals surface area contributed by atoms with Gasteiger partial charge in [-0.3, -0.25) is 4.79 Å². The topological polar surface area (TPSA) is 32.9 Å². The molecule has 1 aliphatic carbocycles. The van der Waals surface area contributed by atoms with Gasteiger partial charge >= 0.3 is 0 Å².